The van der Waals surface area contributed by atoms with E-state index < -0.39 is 9.05 Å². The van der Waals surface area contributed by atoms with Crippen LogP contribution in [0.1, 0.15) is 0 Å². The molecule has 0 aliphatic rings. The van der Waals surface area contributed by atoms with Crippen molar-refractivity contribution < 1.29 is 13.2 Å². The van der Waals surface area contributed by atoms with Gasteiger partial charge in [-0.05, 0) is 12.1 Å². The Morgan fingerprint density at radius 3 is 2.59 bits per heavy atom. The average Bonchev–Trinajstić information content (AvgIpc) is 2.26. The van der Waals surface area contributed by atoms with Crippen molar-refractivity contribution in [2.75, 3.05) is 7.11 Å². The van der Waals surface area contributed by atoms with Gasteiger partial charge in [-0.15, -0.1) is 0 Å². The fourth-order valence-electron chi connectivity index (χ4n) is 1.52. The van der Waals surface area contributed by atoms with Gasteiger partial charge in [0.15, 0.2) is 0 Å². The van der Waals surface area contributed by atoms with Crippen LogP contribution in [0.5, 0.6) is 5.88 Å². The molecule has 7 heteroatoms. The molecule has 0 fully saturated rings. The van der Waals surface area contributed by atoms with E-state index in [0.29, 0.717) is 21.7 Å². The Balaban J connectivity index is 2.93. The summed E-state index contributed by atoms with van der Waals surface area (Å²) in [6.45, 7) is 0. The molecule has 0 saturated heterocycles. The zero-order valence-corrected chi connectivity index (χ0v) is 11.0. The Hall–Kier alpha value is -1.04. The van der Waals surface area contributed by atoms with E-state index in [1.54, 1.807) is 18.2 Å². The fraction of sp³-hybridized carbons (Fsp3) is 0.100. The number of hydrogen-bond donors (Lipinski definition) is 0. The van der Waals surface area contributed by atoms with Gasteiger partial charge in [-0.2, -0.15) is 0 Å². The van der Waals surface area contributed by atoms with Crippen molar-refractivity contribution in [2.45, 2.75) is 4.90 Å². The molecule has 4 nitrogen and oxygen atoms in total. The molecule has 0 radical (unpaired) electrons. The van der Waals surface area contributed by atoms with Crippen LogP contribution in [0.3, 0.4) is 0 Å². The van der Waals surface area contributed by atoms with Crippen LogP contribution in [0.4, 0.5) is 0 Å². The van der Waals surface area contributed by atoms with Crippen LogP contribution in [0, 0.1) is 0 Å². The molecule has 2 aromatic rings. The zero-order valence-electron chi connectivity index (χ0n) is 8.65. The molecule has 0 bridgehead atoms. The van der Waals surface area contributed by atoms with Crippen molar-refractivity contribution in [1.82, 2.24) is 4.98 Å². The third-order valence-electron chi connectivity index (χ3n) is 2.23. The molecule has 17 heavy (non-hydrogen) atoms. The van der Waals surface area contributed by atoms with Crippen LogP contribution in [0.2, 0.25) is 5.02 Å². The van der Waals surface area contributed by atoms with Crippen LogP contribution < -0.4 is 4.74 Å². The minimum absolute atomic E-state index is 0.0633. The number of benzene rings is 1. The standard InChI is InChI=1S/C10H7Cl2NO3S/c1-16-10-8-4-6(11)2-3-7(8)9(5-13-10)17(12,14)15/h2-5H,1H3. The van der Waals surface area contributed by atoms with Crippen LogP contribution in [-0.4, -0.2) is 20.5 Å². The van der Waals surface area contributed by atoms with Crippen molar-refractivity contribution in [3.8, 4) is 5.88 Å². The summed E-state index contributed by atoms with van der Waals surface area (Å²) >= 11 is 5.85. The number of methoxy groups -OCH3 is 1. The summed E-state index contributed by atoms with van der Waals surface area (Å²) in [6.07, 6.45) is 1.16. The Morgan fingerprint density at radius 1 is 1.29 bits per heavy atom. The van der Waals surface area contributed by atoms with Crippen molar-refractivity contribution in [3.05, 3.63) is 29.4 Å². The number of fused-ring (bicyclic) bond motifs is 1. The van der Waals surface area contributed by atoms with Gasteiger partial charge in [0.05, 0.1) is 13.3 Å². The molecule has 0 amide bonds. The largest absolute Gasteiger partial charge is 0.481 e. The summed E-state index contributed by atoms with van der Waals surface area (Å²) in [5, 5.41) is 1.39. The van der Waals surface area contributed by atoms with E-state index in [0.717, 1.165) is 6.20 Å². The second kappa shape index (κ2) is 4.33. The number of aromatic nitrogens is 1. The molecule has 0 spiro atoms. The summed E-state index contributed by atoms with van der Waals surface area (Å²) < 4.78 is 27.8. The first-order valence-corrected chi connectivity index (χ1v) is 7.19. The van der Waals surface area contributed by atoms with Gasteiger partial charge in [-0.1, -0.05) is 17.7 Å². The SMILES string of the molecule is COc1ncc(S(=O)(=O)Cl)c2ccc(Cl)cc12. The van der Waals surface area contributed by atoms with E-state index in [-0.39, 0.29) is 4.90 Å². The summed E-state index contributed by atoms with van der Waals surface area (Å²) in [6, 6.07) is 4.72. The molecule has 0 saturated carbocycles. The predicted octanol–water partition coefficient (Wildman–Crippen LogP) is 2.82. The maximum atomic E-state index is 11.4. The number of hydrogen-bond acceptors (Lipinski definition) is 4. The minimum Gasteiger partial charge on any atom is -0.481 e. The summed E-state index contributed by atoms with van der Waals surface area (Å²) in [4.78, 5) is 3.83. The zero-order chi connectivity index (χ0) is 12.6. The third kappa shape index (κ3) is 2.31. The normalized spacial score (nSPS) is 11.7. The van der Waals surface area contributed by atoms with Crippen LogP contribution in [0.15, 0.2) is 29.3 Å². The number of halogens is 2. The van der Waals surface area contributed by atoms with Crippen LogP contribution in [-0.2, 0) is 9.05 Å². The van der Waals surface area contributed by atoms with E-state index in [4.69, 9.17) is 27.0 Å². The Morgan fingerprint density at radius 2 is 2.00 bits per heavy atom. The van der Waals surface area contributed by atoms with Crippen molar-refractivity contribution in [2.24, 2.45) is 0 Å². The quantitative estimate of drug-likeness (QED) is 0.799. The summed E-state index contributed by atoms with van der Waals surface area (Å²) in [5.74, 6) is 0.298. The molecule has 0 N–H and O–H groups in total. The van der Waals surface area contributed by atoms with Crippen molar-refractivity contribution in [1.29, 1.82) is 0 Å². The van der Waals surface area contributed by atoms with Gasteiger partial charge < -0.3 is 4.74 Å². The molecular formula is C10H7Cl2NO3S. The van der Waals surface area contributed by atoms with Gasteiger partial charge in [-0.3, -0.25) is 0 Å². The first-order valence-electron chi connectivity index (χ1n) is 4.50. The lowest BCUT2D eigenvalue weighted by atomic mass is 10.2. The molecule has 1 heterocycles. The number of nitrogens with zero attached hydrogens (tertiary/aromatic N) is 1. The second-order valence-corrected chi connectivity index (χ2v) is 6.23. The van der Waals surface area contributed by atoms with Gasteiger partial charge in [0, 0.05) is 26.5 Å². The van der Waals surface area contributed by atoms with E-state index in [9.17, 15) is 8.42 Å². The van der Waals surface area contributed by atoms with Gasteiger partial charge in [0.25, 0.3) is 9.05 Å². The lowest BCUT2D eigenvalue weighted by molar-refractivity contribution is 0.403. The summed E-state index contributed by atoms with van der Waals surface area (Å²) in [5.41, 5.74) is 0. The van der Waals surface area contributed by atoms with E-state index in [1.807, 2.05) is 0 Å². The molecule has 90 valence electrons. The molecule has 0 atom stereocenters. The minimum atomic E-state index is -3.86. The molecule has 2 rings (SSSR count). The average molecular weight is 292 g/mol. The van der Waals surface area contributed by atoms with E-state index in [2.05, 4.69) is 4.98 Å². The predicted molar refractivity (Wildman–Crippen MR) is 66.3 cm³/mol. The lowest BCUT2D eigenvalue weighted by Gasteiger charge is -2.07. The Labute approximate surface area is 108 Å². The highest BCUT2D eigenvalue weighted by molar-refractivity contribution is 8.14. The van der Waals surface area contributed by atoms with Gasteiger partial charge in [0.1, 0.15) is 4.90 Å². The molecule has 0 unspecified atom stereocenters. The first-order chi connectivity index (χ1) is 7.93. The van der Waals surface area contributed by atoms with E-state index >= 15 is 0 Å². The van der Waals surface area contributed by atoms with Crippen LogP contribution >= 0.6 is 22.3 Å². The third-order valence-corrected chi connectivity index (χ3v) is 3.82. The highest BCUT2D eigenvalue weighted by Crippen LogP contribution is 2.32. The summed E-state index contributed by atoms with van der Waals surface area (Å²) in [7, 11) is 2.92. The maximum absolute atomic E-state index is 11.4. The first kappa shape index (κ1) is 12.4. The highest BCUT2D eigenvalue weighted by atomic mass is 35.7. The van der Waals surface area contributed by atoms with Gasteiger partial charge >= 0.3 is 0 Å². The smallest absolute Gasteiger partial charge is 0.263 e. The van der Waals surface area contributed by atoms with Gasteiger partial charge in [-0.25, -0.2) is 13.4 Å². The number of pyridine rings is 1. The number of ether oxygens (including phenoxy) is 1. The fourth-order valence-corrected chi connectivity index (χ4v) is 2.68. The van der Waals surface area contributed by atoms with Crippen LogP contribution in [0.25, 0.3) is 10.8 Å². The monoisotopic (exact) mass is 291 g/mol. The molecule has 0 aliphatic carbocycles. The molecular weight excluding hydrogens is 285 g/mol. The Kier molecular flexibility index (Phi) is 3.16. The van der Waals surface area contributed by atoms with Crippen molar-refractivity contribution >= 4 is 42.1 Å². The van der Waals surface area contributed by atoms with Crippen molar-refractivity contribution in [3.63, 3.8) is 0 Å². The molecule has 0 aliphatic heterocycles. The molecule has 1 aromatic heterocycles. The Bertz CT molecular complexity index is 685. The molecule has 1 aromatic carbocycles. The topological polar surface area (TPSA) is 56.3 Å². The lowest BCUT2D eigenvalue weighted by Crippen LogP contribution is -1.97. The second-order valence-electron chi connectivity index (χ2n) is 3.26. The van der Waals surface area contributed by atoms with E-state index in [1.165, 1.54) is 7.11 Å². The highest BCUT2D eigenvalue weighted by Gasteiger charge is 2.17. The number of rotatable bonds is 2. The maximum Gasteiger partial charge on any atom is 0.263 e. The van der Waals surface area contributed by atoms with Gasteiger partial charge in [0.2, 0.25) is 5.88 Å².